The first-order chi connectivity index (χ1) is 24.5. The van der Waals surface area contributed by atoms with Crippen LogP contribution in [0.15, 0.2) is 127 Å². The van der Waals surface area contributed by atoms with Gasteiger partial charge in [0.1, 0.15) is 30.7 Å². The SMILES string of the molecule is OC[C@]12O[C@@](c3ccc(Cl)c(Cc4ccc5c(c4)CCO5)c3)(O1)[C@H](OCc1ccccc1)[C@@H](OCc1ccccc1)[C@@H]2OCc1ccccc1. The molecule has 9 rings (SSSR count). The quantitative estimate of drug-likeness (QED) is 0.137. The molecule has 4 aliphatic heterocycles. The molecule has 7 nitrogen and oxygen atoms in total. The van der Waals surface area contributed by atoms with Crippen LogP contribution in [-0.2, 0) is 62.1 Å². The summed E-state index contributed by atoms with van der Waals surface area (Å²) >= 11 is 6.84. The summed E-state index contributed by atoms with van der Waals surface area (Å²) in [5.41, 5.74) is 6.93. The molecule has 0 aromatic heterocycles. The molecule has 0 spiro atoms. The fourth-order valence-corrected chi connectivity index (χ4v) is 7.38. The second kappa shape index (κ2) is 14.3. The molecule has 1 N–H and O–H groups in total. The second-order valence-corrected chi connectivity index (χ2v) is 13.5. The normalized spacial score (nSPS) is 25.0. The van der Waals surface area contributed by atoms with Gasteiger partial charge in [0, 0.05) is 17.0 Å². The minimum atomic E-state index is -1.48. The van der Waals surface area contributed by atoms with E-state index in [4.69, 9.17) is 40.0 Å². The van der Waals surface area contributed by atoms with Crippen LogP contribution in [0.5, 0.6) is 5.75 Å². The van der Waals surface area contributed by atoms with Crippen molar-refractivity contribution in [3.05, 3.63) is 171 Å². The number of ether oxygens (including phenoxy) is 6. The van der Waals surface area contributed by atoms with Crippen molar-refractivity contribution in [2.45, 2.75) is 62.5 Å². The van der Waals surface area contributed by atoms with E-state index in [1.807, 2.05) is 115 Å². The molecule has 50 heavy (non-hydrogen) atoms. The van der Waals surface area contributed by atoms with Crippen LogP contribution in [0.1, 0.15) is 38.9 Å². The highest BCUT2D eigenvalue weighted by molar-refractivity contribution is 6.31. The van der Waals surface area contributed by atoms with Gasteiger partial charge >= 0.3 is 0 Å². The number of halogens is 1. The van der Waals surface area contributed by atoms with E-state index in [0.29, 0.717) is 24.7 Å². The molecule has 0 unspecified atom stereocenters. The third-order valence-electron chi connectivity index (χ3n) is 9.70. The van der Waals surface area contributed by atoms with Gasteiger partial charge in [-0.3, -0.25) is 0 Å². The Kier molecular flexibility index (Phi) is 9.46. The molecule has 256 valence electrons. The van der Waals surface area contributed by atoms with Gasteiger partial charge in [-0.05, 0) is 58.0 Å². The summed E-state index contributed by atoms with van der Waals surface area (Å²) in [6.45, 7) is 1.10. The van der Waals surface area contributed by atoms with Gasteiger partial charge in [-0.15, -0.1) is 0 Å². The van der Waals surface area contributed by atoms with Crippen LogP contribution in [0.3, 0.4) is 0 Å². The molecule has 3 saturated heterocycles. The van der Waals surface area contributed by atoms with Gasteiger partial charge in [0.25, 0.3) is 0 Å². The molecule has 0 amide bonds. The standard InChI is InChI=1S/C42H39ClO7/c43-36-18-17-35(24-34(36)23-32-16-19-37-33(22-32)20-21-45-37)42-40(48-27-31-14-8-3-9-15-31)38(46-25-29-10-4-1-5-11-29)39(41(28-44,49-42)50-42)47-26-30-12-6-2-7-13-30/h1-19,22,24,38-40,44H,20-21,23,25-28H2/t38-,39-,40+,41-,42-/m0/s1. The van der Waals surface area contributed by atoms with Gasteiger partial charge < -0.3 is 33.5 Å². The number of benzene rings is 5. The van der Waals surface area contributed by atoms with Crippen LogP contribution in [0.4, 0.5) is 0 Å². The molecule has 0 radical (unpaired) electrons. The van der Waals surface area contributed by atoms with E-state index in [9.17, 15) is 5.11 Å². The summed E-state index contributed by atoms with van der Waals surface area (Å²) < 4.78 is 39.5. The van der Waals surface area contributed by atoms with Crippen LogP contribution in [0.2, 0.25) is 5.02 Å². The summed E-state index contributed by atoms with van der Waals surface area (Å²) in [6, 6.07) is 41.9. The van der Waals surface area contributed by atoms with Crippen molar-refractivity contribution in [1.29, 1.82) is 0 Å². The van der Waals surface area contributed by atoms with Gasteiger partial charge in [-0.25, -0.2) is 0 Å². The fraction of sp³-hybridized carbons (Fsp3) is 0.286. The highest BCUT2D eigenvalue weighted by atomic mass is 35.5. The maximum atomic E-state index is 10.9. The lowest BCUT2D eigenvalue weighted by Gasteiger charge is -2.66. The molecule has 5 aromatic rings. The number of aliphatic hydroxyl groups is 1. The predicted octanol–water partition coefficient (Wildman–Crippen LogP) is 7.52. The molecule has 4 heterocycles. The van der Waals surface area contributed by atoms with Crippen molar-refractivity contribution in [2.24, 2.45) is 0 Å². The average molecular weight is 691 g/mol. The summed E-state index contributed by atoms with van der Waals surface area (Å²) in [7, 11) is 0. The molecule has 3 fully saturated rings. The number of hydrogen-bond acceptors (Lipinski definition) is 7. The molecule has 2 bridgehead atoms. The predicted molar refractivity (Wildman–Crippen MR) is 189 cm³/mol. The molecule has 4 aliphatic rings. The first-order valence-electron chi connectivity index (χ1n) is 17.1. The fourth-order valence-electron chi connectivity index (χ4n) is 7.20. The monoisotopic (exact) mass is 690 g/mol. The summed E-state index contributed by atoms with van der Waals surface area (Å²) in [6.07, 6.45) is -0.795. The second-order valence-electron chi connectivity index (χ2n) is 13.1. The van der Waals surface area contributed by atoms with E-state index >= 15 is 0 Å². The van der Waals surface area contributed by atoms with Crippen molar-refractivity contribution in [3.63, 3.8) is 0 Å². The first-order valence-corrected chi connectivity index (χ1v) is 17.4. The van der Waals surface area contributed by atoms with Crippen molar-refractivity contribution in [3.8, 4) is 5.75 Å². The van der Waals surface area contributed by atoms with Gasteiger partial charge in [0.05, 0.1) is 26.4 Å². The maximum Gasteiger partial charge on any atom is 0.230 e. The van der Waals surface area contributed by atoms with Crippen LogP contribution in [0.25, 0.3) is 0 Å². The summed E-state index contributed by atoms with van der Waals surface area (Å²) in [4.78, 5) is 0. The number of hydrogen-bond donors (Lipinski definition) is 1. The molecule has 5 aromatic carbocycles. The molecular formula is C42H39ClO7. The zero-order valence-corrected chi connectivity index (χ0v) is 28.3. The zero-order valence-electron chi connectivity index (χ0n) is 27.6. The first kappa shape index (κ1) is 33.1. The van der Waals surface area contributed by atoms with Crippen molar-refractivity contribution >= 4 is 11.6 Å². The lowest BCUT2D eigenvalue weighted by atomic mass is 9.80. The van der Waals surface area contributed by atoms with Crippen LogP contribution >= 0.6 is 11.6 Å². The Morgan fingerprint density at radius 1 is 0.660 bits per heavy atom. The molecule has 0 aliphatic carbocycles. The van der Waals surface area contributed by atoms with Crippen LogP contribution in [0, 0.1) is 0 Å². The van der Waals surface area contributed by atoms with Gasteiger partial charge in [-0.1, -0.05) is 121 Å². The van der Waals surface area contributed by atoms with Crippen molar-refractivity contribution < 1.29 is 33.5 Å². The van der Waals surface area contributed by atoms with E-state index < -0.39 is 36.5 Å². The summed E-state index contributed by atoms with van der Waals surface area (Å²) in [5.74, 6) is -1.95. The Morgan fingerprint density at radius 3 is 1.88 bits per heavy atom. The number of fused-ring (bicyclic) bond motifs is 3. The molecule has 8 heteroatoms. The number of rotatable bonds is 13. The molecule has 3 atom stereocenters. The number of aliphatic hydroxyl groups excluding tert-OH is 1. The zero-order chi connectivity index (χ0) is 34.0. The minimum Gasteiger partial charge on any atom is -0.493 e. The lowest BCUT2D eigenvalue weighted by Crippen LogP contribution is -2.82. The maximum absolute atomic E-state index is 10.9. The van der Waals surface area contributed by atoms with E-state index in [0.717, 1.165) is 45.6 Å². The van der Waals surface area contributed by atoms with Crippen LogP contribution in [-0.4, -0.2) is 42.4 Å². The average Bonchev–Trinajstić information content (AvgIpc) is 3.62. The topological polar surface area (TPSA) is 75.6 Å². The van der Waals surface area contributed by atoms with E-state index in [2.05, 4.69) is 12.1 Å². The summed E-state index contributed by atoms with van der Waals surface area (Å²) in [5, 5.41) is 11.6. The Balaban J connectivity index is 1.17. The van der Waals surface area contributed by atoms with Crippen molar-refractivity contribution in [1.82, 2.24) is 0 Å². The lowest BCUT2D eigenvalue weighted by molar-refractivity contribution is -0.597. The van der Waals surface area contributed by atoms with Crippen molar-refractivity contribution in [2.75, 3.05) is 13.2 Å². The Hall–Kier alpha value is -4.05. The van der Waals surface area contributed by atoms with Gasteiger partial charge in [0.2, 0.25) is 11.6 Å². The van der Waals surface area contributed by atoms with Gasteiger partial charge in [-0.2, -0.15) is 0 Å². The third-order valence-corrected chi connectivity index (χ3v) is 10.1. The molecule has 0 saturated carbocycles. The van der Waals surface area contributed by atoms with Gasteiger partial charge in [0.15, 0.2) is 0 Å². The largest absolute Gasteiger partial charge is 0.493 e. The Labute approximate surface area is 297 Å². The Morgan fingerprint density at radius 2 is 1.26 bits per heavy atom. The van der Waals surface area contributed by atoms with E-state index in [1.165, 1.54) is 5.56 Å². The van der Waals surface area contributed by atoms with Crippen LogP contribution < -0.4 is 4.74 Å². The highest BCUT2D eigenvalue weighted by Crippen LogP contribution is 2.58. The smallest absolute Gasteiger partial charge is 0.230 e. The Bertz CT molecular complexity index is 1900. The highest BCUT2D eigenvalue weighted by Gasteiger charge is 2.75. The third kappa shape index (κ3) is 6.47. The molecular weight excluding hydrogens is 652 g/mol. The minimum absolute atomic E-state index is 0.264. The van der Waals surface area contributed by atoms with E-state index in [-0.39, 0.29) is 13.2 Å². The van der Waals surface area contributed by atoms with E-state index in [1.54, 1.807) is 0 Å².